The lowest BCUT2D eigenvalue weighted by Crippen LogP contribution is -2.45. The molecule has 0 bridgehead atoms. The van der Waals surface area contributed by atoms with Crippen LogP contribution in [0, 0.1) is 0 Å². The monoisotopic (exact) mass is 237 g/mol. The average molecular weight is 237 g/mol. The third-order valence-corrected chi connectivity index (χ3v) is 3.54. The zero-order valence-electron chi connectivity index (χ0n) is 11.0. The van der Waals surface area contributed by atoms with Crippen molar-refractivity contribution in [3.05, 3.63) is 12.2 Å². The molecule has 1 fully saturated rings. The first-order valence-corrected chi connectivity index (χ1v) is 6.46. The second-order valence-electron chi connectivity index (χ2n) is 5.32. The van der Waals surface area contributed by atoms with E-state index in [0.29, 0.717) is 18.1 Å². The molecule has 1 aliphatic rings. The summed E-state index contributed by atoms with van der Waals surface area (Å²) < 4.78 is 2.00. The highest BCUT2D eigenvalue weighted by atomic mass is 15.4. The van der Waals surface area contributed by atoms with E-state index >= 15 is 0 Å². The van der Waals surface area contributed by atoms with Crippen molar-refractivity contribution >= 4 is 0 Å². The Balaban J connectivity index is 2.03. The highest BCUT2D eigenvalue weighted by Gasteiger charge is 2.24. The Bertz CT molecular complexity index is 360. The van der Waals surface area contributed by atoms with E-state index < -0.39 is 0 Å². The van der Waals surface area contributed by atoms with E-state index in [1.54, 1.807) is 6.33 Å². The summed E-state index contributed by atoms with van der Waals surface area (Å²) in [7, 11) is 0. The third kappa shape index (κ3) is 2.84. The predicted molar refractivity (Wildman–Crippen MR) is 67.5 cm³/mol. The average Bonchev–Trinajstić information content (AvgIpc) is 2.70. The lowest BCUT2D eigenvalue weighted by molar-refractivity contribution is 0.133. The van der Waals surface area contributed by atoms with Crippen LogP contribution in [0.3, 0.4) is 0 Å². The minimum absolute atomic E-state index is 0.365. The minimum Gasteiger partial charge on any atom is -0.328 e. The number of rotatable bonds is 3. The van der Waals surface area contributed by atoms with Gasteiger partial charge in [0.25, 0.3) is 0 Å². The van der Waals surface area contributed by atoms with Crippen molar-refractivity contribution in [3.8, 4) is 0 Å². The molecule has 2 heterocycles. The summed E-state index contributed by atoms with van der Waals surface area (Å²) in [6.45, 7) is 8.45. The van der Waals surface area contributed by atoms with Gasteiger partial charge in [-0.25, -0.2) is 9.67 Å². The van der Waals surface area contributed by atoms with Crippen molar-refractivity contribution in [1.82, 2.24) is 19.7 Å². The smallest absolute Gasteiger partial charge is 0.141 e. The molecule has 5 heteroatoms. The van der Waals surface area contributed by atoms with Crippen LogP contribution in [0.4, 0.5) is 0 Å². The van der Waals surface area contributed by atoms with Gasteiger partial charge in [-0.2, -0.15) is 5.10 Å². The summed E-state index contributed by atoms with van der Waals surface area (Å²) in [6, 6.07) is 1.27. The van der Waals surface area contributed by atoms with Crippen LogP contribution in [-0.2, 0) is 6.54 Å². The Morgan fingerprint density at radius 3 is 2.94 bits per heavy atom. The molecule has 1 aliphatic heterocycles. The Labute approximate surface area is 103 Å². The van der Waals surface area contributed by atoms with Gasteiger partial charge in [0.1, 0.15) is 12.2 Å². The van der Waals surface area contributed by atoms with Crippen LogP contribution >= 0.6 is 0 Å². The molecule has 0 saturated carbocycles. The van der Waals surface area contributed by atoms with Crippen LogP contribution in [0.25, 0.3) is 0 Å². The molecule has 0 radical (unpaired) electrons. The van der Waals surface area contributed by atoms with Crippen molar-refractivity contribution in [3.63, 3.8) is 0 Å². The number of likely N-dealkylation sites (tertiary alicyclic amines) is 1. The highest BCUT2D eigenvalue weighted by Crippen LogP contribution is 2.18. The number of hydrogen-bond acceptors (Lipinski definition) is 4. The van der Waals surface area contributed by atoms with Gasteiger partial charge < -0.3 is 5.73 Å². The largest absolute Gasteiger partial charge is 0.328 e. The maximum absolute atomic E-state index is 5.98. The van der Waals surface area contributed by atoms with Gasteiger partial charge in [0.2, 0.25) is 0 Å². The molecule has 0 aromatic carbocycles. The maximum Gasteiger partial charge on any atom is 0.141 e. The Hall–Kier alpha value is -0.940. The van der Waals surface area contributed by atoms with Crippen LogP contribution in [-0.4, -0.2) is 38.3 Å². The SMILES string of the molecule is CC1CC(N)CCN1Cc1ncnn1C(C)C. The Morgan fingerprint density at radius 1 is 1.53 bits per heavy atom. The topological polar surface area (TPSA) is 60.0 Å². The van der Waals surface area contributed by atoms with Crippen molar-refractivity contribution in [2.75, 3.05) is 6.54 Å². The fourth-order valence-electron chi connectivity index (χ4n) is 2.49. The van der Waals surface area contributed by atoms with E-state index in [9.17, 15) is 0 Å². The van der Waals surface area contributed by atoms with Crippen molar-refractivity contribution in [2.45, 2.75) is 58.3 Å². The highest BCUT2D eigenvalue weighted by molar-refractivity contribution is 4.90. The Kier molecular flexibility index (Phi) is 3.79. The number of aromatic nitrogens is 3. The van der Waals surface area contributed by atoms with Crippen LogP contribution in [0.1, 0.15) is 45.5 Å². The summed E-state index contributed by atoms with van der Waals surface area (Å²) in [6.07, 6.45) is 3.81. The normalized spacial score (nSPS) is 26.6. The van der Waals surface area contributed by atoms with E-state index in [1.165, 1.54) is 0 Å². The molecule has 5 nitrogen and oxygen atoms in total. The van der Waals surface area contributed by atoms with Gasteiger partial charge in [-0.05, 0) is 33.6 Å². The van der Waals surface area contributed by atoms with E-state index in [4.69, 9.17) is 5.73 Å². The second-order valence-corrected chi connectivity index (χ2v) is 5.32. The molecular weight excluding hydrogens is 214 g/mol. The Morgan fingerprint density at radius 2 is 2.29 bits per heavy atom. The summed E-state index contributed by atoms with van der Waals surface area (Å²) in [5, 5.41) is 4.28. The maximum atomic E-state index is 5.98. The standard InChI is InChI=1S/C12H23N5/c1-9(2)17-12(14-8-15-17)7-16-5-4-11(13)6-10(16)3/h8-11H,4-7,13H2,1-3H3. The van der Waals surface area contributed by atoms with Gasteiger partial charge in [0.15, 0.2) is 0 Å². The van der Waals surface area contributed by atoms with Crippen LogP contribution < -0.4 is 5.73 Å². The molecule has 2 atom stereocenters. The van der Waals surface area contributed by atoms with Crippen LogP contribution in [0.5, 0.6) is 0 Å². The summed E-state index contributed by atoms with van der Waals surface area (Å²) in [5.74, 6) is 1.06. The van der Waals surface area contributed by atoms with E-state index in [0.717, 1.165) is 31.8 Å². The first kappa shape index (κ1) is 12.5. The zero-order chi connectivity index (χ0) is 12.4. The lowest BCUT2D eigenvalue weighted by atomic mass is 9.99. The molecule has 1 aromatic rings. The van der Waals surface area contributed by atoms with E-state index in [-0.39, 0.29) is 0 Å². The van der Waals surface area contributed by atoms with Gasteiger partial charge in [0.05, 0.1) is 6.54 Å². The first-order valence-electron chi connectivity index (χ1n) is 6.46. The fraction of sp³-hybridized carbons (Fsp3) is 0.833. The summed E-state index contributed by atoms with van der Waals surface area (Å²) in [5.41, 5.74) is 5.98. The minimum atomic E-state index is 0.365. The first-order chi connectivity index (χ1) is 8.08. The molecule has 2 N–H and O–H groups in total. The fourth-order valence-corrected chi connectivity index (χ4v) is 2.49. The predicted octanol–water partition coefficient (Wildman–Crippen LogP) is 1.17. The number of nitrogens with two attached hydrogens (primary N) is 1. The number of nitrogens with zero attached hydrogens (tertiary/aromatic N) is 4. The molecule has 96 valence electrons. The third-order valence-electron chi connectivity index (χ3n) is 3.54. The van der Waals surface area contributed by atoms with Crippen molar-refractivity contribution in [1.29, 1.82) is 0 Å². The second kappa shape index (κ2) is 5.14. The van der Waals surface area contributed by atoms with E-state index in [2.05, 4.69) is 35.8 Å². The van der Waals surface area contributed by atoms with Crippen molar-refractivity contribution < 1.29 is 0 Å². The summed E-state index contributed by atoms with van der Waals surface area (Å²) >= 11 is 0. The number of hydrogen-bond donors (Lipinski definition) is 1. The van der Waals surface area contributed by atoms with Gasteiger partial charge in [0, 0.05) is 24.7 Å². The van der Waals surface area contributed by atoms with Crippen LogP contribution in [0.2, 0.25) is 0 Å². The molecule has 1 aromatic heterocycles. The van der Waals surface area contributed by atoms with Gasteiger partial charge >= 0.3 is 0 Å². The molecule has 17 heavy (non-hydrogen) atoms. The van der Waals surface area contributed by atoms with Gasteiger partial charge in [-0.15, -0.1) is 0 Å². The molecule has 0 aliphatic carbocycles. The van der Waals surface area contributed by atoms with Gasteiger partial charge in [-0.1, -0.05) is 0 Å². The number of piperidine rings is 1. The quantitative estimate of drug-likeness (QED) is 0.857. The molecule has 0 amide bonds. The van der Waals surface area contributed by atoms with Crippen molar-refractivity contribution in [2.24, 2.45) is 5.73 Å². The zero-order valence-corrected chi connectivity index (χ0v) is 11.0. The molecule has 2 rings (SSSR count). The molecule has 1 saturated heterocycles. The van der Waals surface area contributed by atoms with Crippen LogP contribution in [0.15, 0.2) is 6.33 Å². The van der Waals surface area contributed by atoms with Gasteiger partial charge in [-0.3, -0.25) is 4.90 Å². The molecule has 0 spiro atoms. The lowest BCUT2D eigenvalue weighted by Gasteiger charge is -2.36. The molecule has 2 unspecified atom stereocenters. The molecular formula is C12H23N5. The summed E-state index contributed by atoms with van der Waals surface area (Å²) in [4.78, 5) is 6.81. The van der Waals surface area contributed by atoms with E-state index in [1.807, 2.05) is 4.68 Å².